The highest BCUT2D eigenvalue weighted by Crippen LogP contribution is 2.36. The van der Waals surface area contributed by atoms with Gasteiger partial charge in [0.2, 0.25) is 0 Å². The van der Waals surface area contributed by atoms with Gasteiger partial charge in [-0.1, -0.05) is 20.8 Å². The molecule has 1 aromatic heterocycles. The topological polar surface area (TPSA) is 83.7 Å². The third kappa shape index (κ3) is 4.32. The molecular formula is C11H20N2O5Si. The van der Waals surface area contributed by atoms with E-state index >= 15 is 0 Å². The molecule has 19 heavy (non-hydrogen) atoms. The van der Waals surface area contributed by atoms with Crippen molar-refractivity contribution in [2.75, 3.05) is 13.2 Å². The maximum atomic E-state index is 10.2. The molecule has 0 aliphatic heterocycles. The van der Waals surface area contributed by atoms with Crippen LogP contribution >= 0.6 is 0 Å². The van der Waals surface area contributed by atoms with Gasteiger partial charge in [-0.15, -0.1) is 0 Å². The monoisotopic (exact) mass is 288 g/mol. The number of hydrogen-bond acceptors (Lipinski definition) is 7. The van der Waals surface area contributed by atoms with Gasteiger partial charge >= 0.3 is 11.8 Å². The zero-order valence-corrected chi connectivity index (χ0v) is 12.9. The lowest BCUT2D eigenvalue weighted by Gasteiger charge is -2.36. The van der Waals surface area contributed by atoms with Gasteiger partial charge in [0.05, 0.1) is 6.61 Å². The van der Waals surface area contributed by atoms with Crippen molar-refractivity contribution in [1.29, 1.82) is 0 Å². The van der Waals surface area contributed by atoms with Crippen LogP contribution in [0.4, 0.5) is 0 Å². The summed E-state index contributed by atoms with van der Waals surface area (Å²) in [6.07, 6.45) is 0. The normalized spacial score (nSPS) is 12.3. The Labute approximate surface area is 113 Å². The van der Waals surface area contributed by atoms with Gasteiger partial charge in [0, 0.05) is 0 Å². The van der Waals surface area contributed by atoms with Crippen molar-refractivity contribution in [2.45, 2.75) is 38.9 Å². The summed E-state index contributed by atoms with van der Waals surface area (Å²) in [7, 11) is -1.78. The van der Waals surface area contributed by atoms with Crippen LogP contribution in [0.5, 0.6) is 11.8 Å². The highest BCUT2D eigenvalue weighted by atomic mass is 28.4. The lowest BCUT2D eigenvalue weighted by atomic mass is 10.2. The lowest BCUT2D eigenvalue weighted by Crippen LogP contribution is -2.41. The average molecular weight is 288 g/mol. The Bertz CT molecular complexity index is 413. The molecule has 0 N–H and O–H groups in total. The summed E-state index contributed by atoms with van der Waals surface area (Å²) in [6, 6.07) is 0. The Kier molecular flexibility index (Phi) is 5.07. The molecule has 1 rings (SSSR count). The minimum atomic E-state index is -1.78. The molecule has 1 aromatic rings. The number of ether oxygens (including phenoxy) is 2. The molecule has 0 saturated carbocycles. The van der Waals surface area contributed by atoms with Crippen molar-refractivity contribution in [3.63, 3.8) is 0 Å². The second-order valence-electron chi connectivity index (χ2n) is 5.55. The third-order valence-corrected chi connectivity index (χ3v) is 7.72. The Morgan fingerprint density at radius 2 is 1.84 bits per heavy atom. The summed E-state index contributed by atoms with van der Waals surface area (Å²) >= 11 is 0. The van der Waals surface area contributed by atoms with Crippen LogP contribution in [0, 0.1) is 0 Å². The summed E-state index contributed by atoms with van der Waals surface area (Å²) in [5.74, 6) is -0.0340. The van der Waals surface area contributed by atoms with Crippen molar-refractivity contribution in [2.24, 2.45) is 0 Å². The smallest absolute Gasteiger partial charge is 0.327 e. The van der Waals surface area contributed by atoms with E-state index in [0.717, 1.165) is 0 Å². The molecule has 0 aliphatic rings. The Morgan fingerprint density at radius 1 is 1.21 bits per heavy atom. The van der Waals surface area contributed by atoms with E-state index in [1.54, 1.807) is 0 Å². The molecule has 1 heterocycles. The fourth-order valence-electron chi connectivity index (χ4n) is 1.03. The molecule has 0 aliphatic carbocycles. The Balaban J connectivity index is 2.39. The third-order valence-electron chi connectivity index (χ3n) is 3.18. The van der Waals surface area contributed by atoms with E-state index in [-0.39, 0.29) is 29.9 Å². The predicted molar refractivity (Wildman–Crippen MR) is 69.6 cm³/mol. The maximum Gasteiger partial charge on any atom is 0.327 e. The molecule has 8 heteroatoms. The summed E-state index contributed by atoms with van der Waals surface area (Å²) in [4.78, 5) is 10.2. The fraction of sp³-hybridized carbons (Fsp3) is 0.727. The van der Waals surface area contributed by atoms with E-state index in [4.69, 9.17) is 9.16 Å². The van der Waals surface area contributed by atoms with E-state index in [0.29, 0.717) is 6.61 Å². The minimum Gasteiger partial charge on any atom is -0.469 e. The fourth-order valence-corrected chi connectivity index (χ4v) is 2.06. The van der Waals surface area contributed by atoms with Crippen LogP contribution in [0.1, 0.15) is 20.8 Å². The van der Waals surface area contributed by atoms with Gasteiger partial charge in [-0.2, -0.15) is 0 Å². The van der Waals surface area contributed by atoms with Crippen molar-refractivity contribution >= 4 is 14.8 Å². The Hall–Kier alpha value is -1.41. The first kappa shape index (κ1) is 15.6. The first-order valence-corrected chi connectivity index (χ1v) is 8.88. The molecule has 108 valence electrons. The van der Waals surface area contributed by atoms with Crippen molar-refractivity contribution in [1.82, 2.24) is 10.3 Å². The largest absolute Gasteiger partial charge is 0.469 e. The van der Waals surface area contributed by atoms with Crippen molar-refractivity contribution in [3.05, 3.63) is 0 Å². The summed E-state index contributed by atoms with van der Waals surface area (Å²) in [6.45, 7) is 11.8. The minimum absolute atomic E-state index is 0.0472. The number of aromatic nitrogens is 2. The molecule has 0 amide bonds. The molecule has 0 aromatic carbocycles. The van der Waals surface area contributed by atoms with Crippen LogP contribution in [0.3, 0.4) is 0 Å². The highest BCUT2D eigenvalue weighted by molar-refractivity contribution is 6.74. The van der Waals surface area contributed by atoms with E-state index in [2.05, 4.69) is 53.5 Å². The SMILES string of the molecule is CC(C)(C)[Si](C)(C)OCCOc1nonc1OC=O. The van der Waals surface area contributed by atoms with Crippen LogP contribution in [0.15, 0.2) is 4.63 Å². The first-order chi connectivity index (χ1) is 8.78. The number of rotatable bonds is 7. The van der Waals surface area contributed by atoms with E-state index in [9.17, 15) is 4.79 Å². The van der Waals surface area contributed by atoms with Gasteiger partial charge in [-0.25, -0.2) is 4.63 Å². The van der Waals surface area contributed by atoms with Crippen molar-refractivity contribution in [3.8, 4) is 11.8 Å². The maximum absolute atomic E-state index is 10.2. The van der Waals surface area contributed by atoms with Gasteiger partial charge in [-0.05, 0) is 28.4 Å². The number of hydrogen-bond donors (Lipinski definition) is 0. The van der Waals surface area contributed by atoms with Crippen LogP contribution in [0.25, 0.3) is 0 Å². The van der Waals surface area contributed by atoms with Crippen LogP contribution < -0.4 is 9.47 Å². The molecule has 0 saturated heterocycles. The zero-order valence-electron chi connectivity index (χ0n) is 11.9. The molecule has 0 radical (unpaired) electrons. The Morgan fingerprint density at radius 3 is 2.42 bits per heavy atom. The summed E-state index contributed by atoms with van der Waals surface area (Å²) < 4.78 is 20.1. The number of carbonyl (C=O) groups excluding carboxylic acids is 1. The zero-order chi connectivity index (χ0) is 14.5. The molecule has 0 unspecified atom stereocenters. The second-order valence-corrected chi connectivity index (χ2v) is 10.4. The molecule has 0 atom stereocenters. The first-order valence-electron chi connectivity index (χ1n) is 5.97. The van der Waals surface area contributed by atoms with Gasteiger partial charge in [0.15, 0.2) is 8.32 Å². The predicted octanol–water partition coefficient (Wildman–Crippen LogP) is 2.01. The average Bonchev–Trinajstić information content (AvgIpc) is 2.71. The number of carbonyl (C=O) groups is 1. The quantitative estimate of drug-likeness (QED) is 0.431. The van der Waals surface area contributed by atoms with Gasteiger partial charge in [0.25, 0.3) is 6.47 Å². The molecular weight excluding hydrogens is 268 g/mol. The number of nitrogens with zero attached hydrogens (tertiary/aromatic N) is 2. The molecule has 0 spiro atoms. The molecule has 0 fully saturated rings. The lowest BCUT2D eigenvalue weighted by molar-refractivity contribution is -0.121. The standard InChI is InChI=1S/C11H20N2O5Si/c1-11(2,3)19(4,5)17-7-6-15-9-10(16-8-14)13-18-12-9/h8H,6-7H2,1-5H3. The summed E-state index contributed by atoms with van der Waals surface area (Å²) in [5, 5.41) is 7.00. The van der Waals surface area contributed by atoms with Crippen LogP contribution in [0.2, 0.25) is 18.1 Å². The van der Waals surface area contributed by atoms with Crippen LogP contribution in [-0.2, 0) is 9.22 Å². The second kappa shape index (κ2) is 6.16. The molecule has 7 nitrogen and oxygen atoms in total. The van der Waals surface area contributed by atoms with Gasteiger partial charge in [-0.3, -0.25) is 4.79 Å². The summed E-state index contributed by atoms with van der Waals surface area (Å²) in [5.41, 5.74) is 0. The van der Waals surface area contributed by atoms with E-state index in [1.807, 2.05) is 0 Å². The van der Waals surface area contributed by atoms with Gasteiger partial charge in [0.1, 0.15) is 6.61 Å². The van der Waals surface area contributed by atoms with E-state index in [1.165, 1.54) is 0 Å². The molecule has 0 bridgehead atoms. The van der Waals surface area contributed by atoms with Crippen LogP contribution in [-0.4, -0.2) is 38.3 Å². The van der Waals surface area contributed by atoms with Gasteiger partial charge < -0.3 is 13.9 Å². The van der Waals surface area contributed by atoms with E-state index < -0.39 is 8.32 Å². The highest BCUT2D eigenvalue weighted by Gasteiger charge is 2.36. The van der Waals surface area contributed by atoms with Crippen molar-refractivity contribution < 1.29 is 23.3 Å².